The van der Waals surface area contributed by atoms with E-state index in [9.17, 15) is 4.79 Å². The number of nitrogens with zero attached hydrogens (tertiary/aromatic N) is 2. The molecule has 1 aromatic rings. The lowest BCUT2D eigenvalue weighted by molar-refractivity contribution is -0.137. The predicted molar refractivity (Wildman–Crippen MR) is 96.3 cm³/mol. The third-order valence-corrected chi connectivity index (χ3v) is 5.99. The van der Waals surface area contributed by atoms with Crippen molar-refractivity contribution in [2.24, 2.45) is 5.41 Å². The zero-order chi connectivity index (χ0) is 17.0. The molecule has 0 saturated carbocycles. The van der Waals surface area contributed by atoms with Gasteiger partial charge in [0.05, 0.1) is 6.42 Å². The molecule has 1 spiro atoms. The molecular weight excluding hydrogens is 300 g/mol. The van der Waals surface area contributed by atoms with E-state index < -0.39 is 5.97 Å². The Morgan fingerprint density at radius 2 is 1.92 bits per heavy atom. The molecule has 1 atom stereocenters. The summed E-state index contributed by atoms with van der Waals surface area (Å²) in [7, 11) is 0. The summed E-state index contributed by atoms with van der Waals surface area (Å²) in [6.45, 7) is 8.56. The van der Waals surface area contributed by atoms with Gasteiger partial charge in [-0.1, -0.05) is 37.3 Å². The second kappa shape index (κ2) is 7.66. The van der Waals surface area contributed by atoms with Crippen molar-refractivity contribution in [3.05, 3.63) is 35.9 Å². The molecule has 2 aliphatic heterocycles. The van der Waals surface area contributed by atoms with Crippen molar-refractivity contribution in [1.29, 1.82) is 0 Å². The molecule has 2 fully saturated rings. The molecular formula is C20H30N2O2. The fourth-order valence-corrected chi connectivity index (χ4v) is 4.56. The van der Waals surface area contributed by atoms with Gasteiger partial charge in [-0.3, -0.25) is 4.79 Å². The van der Waals surface area contributed by atoms with E-state index in [1.165, 1.54) is 37.9 Å². The normalized spacial score (nSPS) is 25.0. The molecule has 0 amide bonds. The van der Waals surface area contributed by atoms with Crippen LogP contribution >= 0.6 is 0 Å². The van der Waals surface area contributed by atoms with Crippen LogP contribution in [-0.2, 0) is 4.79 Å². The highest BCUT2D eigenvalue weighted by molar-refractivity contribution is 5.66. The van der Waals surface area contributed by atoms with E-state index in [-0.39, 0.29) is 6.42 Å². The third-order valence-electron chi connectivity index (χ3n) is 5.99. The van der Waals surface area contributed by atoms with Gasteiger partial charge in [0.1, 0.15) is 0 Å². The standard InChI is InChI=1S/C20H30N2O2/c1-2-21-15-18(17-6-4-3-5-7-17)14-20(16-21)9-12-22(13-10-20)11-8-19(23)24/h3-7,18H,2,8-16H2,1H3,(H,23,24)/t18-/m0/s1. The van der Waals surface area contributed by atoms with Crippen LogP contribution in [0.1, 0.15) is 44.1 Å². The lowest BCUT2D eigenvalue weighted by atomic mass is 9.68. The molecule has 4 nitrogen and oxygen atoms in total. The Morgan fingerprint density at radius 1 is 1.21 bits per heavy atom. The number of carbonyl (C=O) groups is 1. The van der Waals surface area contributed by atoms with Gasteiger partial charge in [0.15, 0.2) is 0 Å². The number of likely N-dealkylation sites (tertiary alicyclic amines) is 2. The van der Waals surface area contributed by atoms with Crippen molar-refractivity contribution < 1.29 is 9.90 Å². The molecule has 1 aromatic carbocycles. The van der Waals surface area contributed by atoms with Gasteiger partial charge in [-0.05, 0) is 55.8 Å². The average Bonchev–Trinajstić information content (AvgIpc) is 2.61. The molecule has 4 heteroatoms. The van der Waals surface area contributed by atoms with Gasteiger partial charge in [-0.25, -0.2) is 0 Å². The summed E-state index contributed by atoms with van der Waals surface area (Å²) >= 11 is 0. The fourth-order valence-electron chi connectivity index (χ4n) is 4.56. The van der Waals surface area contributed by atoms with Gasteiger partial charge >= 0.3 is 5.97 Å². The lowest BCUT2D eigenvalue weighted by Gasteiger charge is -2.50. The molecule has 3 rings (SSSR count). The summed E-state index contributed by atoms with van der Waals surface area (Å²) in [5.74, 6) is -0.0558. The molecule has 0 aromatic heterocycles. The largest absolute Gasteiger partial charge is 0.481 e. The van der Waals surface area contributed by atoms with Gasteiger partial charge < -0.3 is 14.9 Å². The molecule has 24 heavy (non-hydrogen) atoms. The third kappa shape index (κ3) is 4.17. The summed E-state index contributed by atoms with van der Waals surface area (Å²) in [6, 6.07) is 11.0. The highest BCUT2D eigenvalue weighted by Crippen LogP contribution is 2.44. The topological polar surface area (TPSA) is 43.8 Å². The lowest BCUT2D eigenvalue weighted by Crippen LogP contribution is -2.51. The van der Waals surface area contributed by atoms with Crippen LogP contribution in [0.15, 0.2) is 30.3 Å². The Bertz CT molecular complexity index is 538. The first-order valence-electron chi connectivity index (χ1n) is 9.32. The molecule has 2 aliphatic rings. The second-order valence-corrected chi connectivity index (χ2v) is 7.62. The molecule has 2 saturated heterocycles. The van der Waals surface area contributed by atoms with E-state index in [4.69, 9.17) is 5.11 Å². The maximum absolute atomic E-state index is 10.8. The molecule has 1 N–H and O–H groups in total. The van der Waals surface area contributed by atoms with Crippen LogP contribution in [0.2, 0.25) is 0 Å². The monoisotopic (exact) mass is 330 g/mol. The van der Waals surface area contributed by atoms with Gasteiger partial charge in [0, 0.05) is 19.6 Å². The Morgan fingerprint density at radius 3 is 2.54 bits per heavy atom. The molecule has 0 radical (unpaired) electrons. The van der Waals surface area contributed by atoms with Crippen LogP contribution in [0.4, 0.5) is 0 Å². The van der Waals surface area contributed by atoms with Crippen molar-refractivity contribution >= 4 is 5.97 Å². The molecule has 0 unspecified atom stereocenters. The van der Waals surface area contributed by atoms with Crippen LogP contribution < -0.4 is 0 Å². The van der Waals surface area contributed by atoms with E-state index in [1.54, 1.807) is 0 Å². The highest BCUT2D eigenvalue weighted by Gasteiger charge is 2.41. The first-order valence-corrected chi connectivity index (χ1v) is 9.32. The minimum absolute atomic E-state index is 0.265. The first-order chi connectivity index (χ1) is 11.6. The van der Waals surface area contributed by atoms with E-state index in [2.05, 4.69) is 47.1 Å². The number of likely N-dealkylation sites (N-methyl/N-ethyl adjacent to an activating group) is 1. The fraction of sp³-hybridized carbons (Fsp3) is 0.650. The summed E-state index contributed by atoms with van der Waals surface area (Å²) in [5.41, 5.74) is 1.89. The van der Waals surface area contributed by atoms with Crippen LogP contribution in [0.25, 0.3) is 0 Å². The molecule has 2 heterocycles. The Balaban J connectivity index is 1.65. The minimum Gasteiger partial charge on any atom is -0.481 e. The number of piperidine rings is 2. The Kier molecular flexibility index (Phi) is 5.57. The summed E-state index contributed by atoms with van der Waals surface area (Å²) in [6.07, 6.45) is 3.94. The van der Waals surface area contributed by atoms with Crippen molar-refractivity contribution in [2.75, 3.05) is 39.3 Å². The smallest absolute Gasteiger partial charge is 0.304 e. The summed E-state index contributed by atoms with van der Waals surface area (Å²) in [4.78, 5) is 15.7. The Labute approximate surface area is 145 Å². The first kappa shape index (κ1) is 17.4. The van der Waals surface area contributed by atoms with E-state index in [1.807, 2.05) is 0 Å². The number of aliphatic carboxylic acids is 1. The van der Waals surface area contributed by atoms with Gasteiger partial charge in [0.25, 0.3) is 0 Å². The van der Waals surface area contributed by atoms with Crippen molar-refractivity contribution in [1.82, 2.24) is 9.80 Å². The van der Waals surface area contributed by atoms with Crippen molar-refractivity contribution in [3.63, 3.8) is 0 Å². The number of benzene rings is 1. The van der Waals surface area contributed by atoms with Crippen LogP contribution in [0, 0.1) is 5.41 Å². The maximum Gasteiger partial charge on any atom is 0.304 e. The SMILES string of the molecule is CCN1C[C@@H](c2ccccc2)CC2(CCN(CCC(=O)O)CC2)C1. The zero-order valence-corrected chi connectivity index (χ0v) is 14.8. The van der Waals surface area contributed by atoms with E-state index in [0.29, 0.717) is 17.9 Å². The van der Waals surface area contributed by atoms with Crippen LogP contribution in [-0.4, -0.2) is 60.1 Å². The molecule has 0 aliphatic carbocycles. The van der Waals surface area contributed by atoms with Gasteiger partial charge in [-0.15, -0.1) is 0 Å². The van der Waals surface area contributed by atoms with Crippen molar-refractivity contribution in [2.45, 2.75) is 38.5 Å². The number of carboxylic acid groups (broad SMARTS) is 1. The predicted octanol–water partition coefficient (Wildman–Crippen LogP) is 3.05. The minimum atomic E-state index is -0.686. The van der Waals surface area contributed by atoms with Gasteiger partial charge in [0.2, 0.25) is 0 Å². The highest BCUT2D eigenvalue weighted by atomic mass is 16.4. The maximum atomic E-state index is 10.8. The summed E-state index contributed by atoms with van der Waals surface area (Å²) < 4.78 is 0. The molecule has 132 valence electrons. The van der Waals surface area contributed by atoms with Crippen molar-refractivity contribution in [3.8, 4) is 0 Å². The van der Waals surface area contributed by atoms with Crippen LogP contribution in [0.3, 0.4) is 0 Å². The molecule has 0 bridgehead atoms. The number of hydrogen-bond acceptors (Lipinski definition) is 3. The number of rotatable bonds is 5. The second-order valence-electron chi connectivity index (χ2n) is 7.62. The number of hydrogen-bond donors (Lipinski definition) is 1. The Hall–Kier alpha value is -1.39. The van der Waals surface area contributed by atoms with Gasteiger partial charge in [-0.2, -0.15) is 0 Å². The van der Waals surface area contributed by atoms with E-state index in [0.717, 1.165) is 19.6 Å². The number of carboxylic acids is 1. The average molecular weight is 330 g/mol. The van der Waals surface area contributed by atoms with Crippen LogP contribution in [0.5, 0.6) is 0 Å². The quantitative estimate of drug-likeness (QED) is 0.901. The van der Waals surface area contributed by atoms with E-state index >= 15 is 0 Å². The zero-order valence-electron chi connectivity index (χ0n) is 14.8. The summed E-state index contributed by atoms with van der Waals surface area (Å²) in [5, 5.41) is 8.88.